The predicted molar refractivity (Wildman–Crippen MR) is 86.4 cm³/mol. The van der Waals surface area contributed by atoms with Gasteiger partial charge in [-0.3, -0.25) is 4.79 Å². The predicted octanol–water partition coefficient (Wildman–Crippen LogP) is 2.14. The molecule has 0 aromatic rings. The van der Waals surface area contributed by atoms with Gasteiger partial charge < -0.3 is 9.57 Å². The second-order valence-electron chi connectivity index (χ2n) is 4.09. The van der Waals surface area contributed by atoms with Gasteiger partial charge in [0.1, 0.15) is 4.99 Å². The fourth-order valence-corrected chi connectivity index (χ4v) is 2.21. The summed E-state index contributed by atoms with van der Waals surface area (Å²) in [6.07, 6.45) is 0.609. The zero-order valence-corrected chi connectivity index (χ0v) is 14.5. The molecule has 0 unspecified atom stereocenters. The van der Waals surface area contributed by atoms with Gasteiger partial charge in [0, 0.05) is 32.3 Å². The van der Waals surface area contributed by atoms with Crippen molar-refractivity contribution in [3.63, 3.8) is 0 Å². The first kappa shape index (κ1) is 19.9. The van der Waals surface area contributed by atoms with Crippen LogP contribution in [0.3, 0.4) is 0 Å². The molecule has 0 spiro atoms. The van der Waals surface area contributed by atoms with Crippen LogP contribution in [0.5, 0.6) is 0 Å². The molecule has 0 aliphatic rings. The highest BCUT2D eigenvalue weighted by Crippen LogP contribution is 2.16. The van der Waals surface area contributed by atoms with Gasteiger partial charge in [-0.25, -0.2) is 18.9 Å². The smallest absolute Gasteiger partial charge is 0.444 e. The summed E-state index contributed by atoms with van der Waals surface area (Å²) >= 11 is 5.94. The van der Waals surface area contributed by atoms with Crippen LogP contribution in [0.1, 0.15) is 33.6 Å². The van der Waals surface area contributed by atoms with E-state index in [1.807, 2.05) is 11.2 Å². The Kier molecular flexibility index (Phi) is 11.0. The number of hydrogen-bond acceptors (Lipinski definition) is 7. The summed E-state index contributed by atoms with van der Waals surface area (Å²) in [5, 5.41) is 0. The van der Waals surface area contributed by atoms with Gasteiger partial charge in [0.2, 0.25) is 0 Å². The summed E-state index contributed by atoms with van der Waals surface area (Å²) in [6, 6.07) is 0. The summed E-state index contributed by atoms with van der Waals surface area (Å²) in [7, 11) is 1.58. The Labute approximate surface area is 135 Å². The first-order valence-corrected chi connectivity index (χ1v) is 7.84. The number of ether oxygens (including phenoxy) is 1. The van der Waals surface area contributed by atoms with Crippen LogP contribution < -0.4 is 5.48 Å². The Morgan fingerprint density at radius 2 is 1.95 bits per heavy atom. The van der Waals surface area contributed by atoms with Crippen LogP contribution in [0.2, 0.25) is 0 Å². The first-order chi connectivity index (χ1) is 9.90. The van der Waals surface area contributed by atoms with Crippen LogP contribution >= 0.6 is 24.4 Å². The molecular formula is C12H23N3O4S2. The minimum Gasteiger partial charge on any atom is -0.466 e. The van der Waals surface area contributed by atoms with Crippen molar-refractivity contribution < 1.29 is 19.2 Å². The molecule has 122 valence electrons. The lowest BCUT2D eigenvalue weighted by molar-refractivity contribution is -0.143. The molecule has 0 fully saturated rings. The summed E-state index contributed by atoms with van der Waals surface area (Å²) in [4.78, 5) is 28.2. The number of rotatable bonds is 8. The molecule has 0 aliphatic heterocycles. The molecule has 0 aliphatic carbocycles. The second-order valence-corrected chi connectivity index (χ2v) is 5.93. The molecule has 0 bridgehead atoms. The normalized spacial score (nSPS) is 10.1. The lowest BCUT2D eigenvalue weighted by atomic mass is 10.4. The number of nitrogens with zero attached hydrogens (tertiary/aromatic N) is 2. The van der Waals surface area contributed by atoms with Crippen molar-refractivity contribution in [1.82, 2.24) is 14.1 Å². The maximum atomic E-state index is 11.7. The number of nitrogens with one attached hydrogen (secondary N) is 1. The molecular weight excluding hydrogens is 314 g/mol. The van der Waals surface area contributed by atoms with Gasteiger partial charge in [0.15, 0.2) is 0 Å². The maximum absolute atomic E-state index is 11.7. The van der Waals surface area contributed by atoms with Crippen LogP contribution in [-0.2, 0) is 14.4 Å². The van der Waals surface area contributed by atoms with E-state index in [0.717, 1.165) is 13.0 Å². The van der Waals surface area contributed by atoms with Crippen molar-refractivity contribution in [3.05, 3.63) is 0 Å². The highest BCUT2D eigenvalue weighted by Gasteiger charge is 2.17. The third kappa shape index (κ3) is 10.3. The molecule has 1 amide bonds. The van der Waals surface area contributed by atoms with Gasteiger partial charge in [-0.15, -0.1) is 0 Å². The van der Waals surface area contributed by atoms with Crippen molar-refractivity contribution in [2.24, 2.45) is 0 Å². The summed E-state index contributed by atoms with van der Waals surface area (Å²) < 4.78 is 8.11. The van der Waals surface area contributed by atoms with Crippen molar-refractivity contribution in [2.75, 3.05) is 26.7 Å². The third-order valence-corrected chi connectivity index (χ3v) is 3.19. The fraction of sp³-hybridized carbons (Fsp3) is 0.750. The molecule has 0 heterocycles. The Balaban J connectivity index is 4.24. The largest absolute Gasteiger partial charge is 0.466 e. The molecule has 0 aromatic carbocycles. The maximum Gasteiger partial charge on any atom is 0.444 e. The molecule has 21 heavy (non-hydrogen) atoms. The average molecular weight is 337 g/mol. The van der Waals surface area contributed by atoms with Gasteiger partial charge in [-0.2, -0.15) is 0 Å². The van der Waals surface area contributed by atoms with Crippen molar-refractivity contribution in [3.8, 4) is 0 Å². The van der Waals surface area contributed by atoms with Crippen LogP contribution in [0.25, 0.3) is 0 Å². The summed E-state index contributed by atoms with van der Waals surface area (Å²) in [5.74, 6) is -0.248. The van der Waals surface area contributed by atoms with E-state index in [9.17, 15) is 9.59 Å². The molecule has 0 rings (SSSR count). The molecule has 0 saturated heterocycles. The fourth-order valence-electron chi connectivity index (χ4n) is 1.28. The molecule has 7 nitrogen and oxygen atoms in total. The summed E-state index contributed by atoms with van der Waals surface area (Å²) in [6.45, 7) is 7.00. The SMILES string of the molecule is CCCN(CCC(=O)OCC)SN(C)C(=O)ONC(C)=S. The number of amides is 1. The van der Waals surface area contributed by atoms with Crippen molar-refractivity contribution in [1.29, 1.82) is 0 Å². The van der Waals surface area contributed by atoms with Gasteiger partial charge in [-0.05, 0) is 20.3 Å². The minimum atomic E-state index is -0.568. The number of esters is 1. The average Bonchev–Trinajstić information content (AvgIpc) is 2.42. The zero-order valence-electron chi connectivity index (χ0n) is 12.9. The summed E-state index contributed by atoms with van der Waals surface area (Å²) in [5.41, 5.74) is 2.33. The minimum absolute atomic E-state index is 0.248. The van der Waals surface area contributed by atoms with Crippen molar-refractivity contribution in [2.45, 2.75) is 33.6 Å². The van der Waals surface area contributed by atoms with E-state index >= 15 is 0 Å². The number of thiocarbonyl (C=S) groups is 1. The number of carbonyl (C=O) groups is 2. The van der Waals surface area contributed by atoms with Gasteiger partial charge >= 0.3 is 12.1 Å². The van der Waals surface area contributed by atoms with E-state index in [1.54, 1.807) is 20.9 Å². The molecule has 1 N–H and O–H groups in total. The standard InChI is InChI=1S/C12H23N3O4S2/c1-5-8-15(9-7-11(16)18-6-2)21-14(4)12(17)19-13-10(3)20/h5-9H2,1-4H3,(H,13,20). The number of carbonyl (C=O) groups excluding carboxylic acids is 2. The lowest BCUT2D eigenvalue weighted by Crippen LogP contribution is -2.33. The molecule has 0 saturated carbocycles. The molecule has 0 aromatic heterocycles. The van der Waals surface area contributed by atoms with Gasteiger partial charge in [0.05, 0.1) is 13.0 Å². The number of hydrogen-bond donors (Lipinski definition) is 1. The Morgan fingerprint density at radius 3 is 2.48 bits per heavy atom. The van der Waals surface area contributed by atoms with E-state index in [2.05, 4.69) is 5.48 Å². The Hall–Kier alpha value is -1.06. The molecule has 9 heteroatoms. The van der Waals surface area contributed by atoms with Crippen LogP contribution in [0.15, 0.2) is 0 Å². The Morgan fingerprint density at radius 1 is 1.29 bits per heavy atom. The molecule has 0 atom stereocenters. The van der Waals surface area contributed by atoms with E-state index < -0.39 is 6.09 Å². The zero-order chi connectivity index (χ0) is 16.3. The highest BCUT2D eigenvalue weighted by atomic mass is 32.2. The van der Waals surface area contributed by atoms with Crippen LogP contribution in [-0.4, -0.2) is 52.4 Å². The first-order valence-electron chi connectivity index (χ1n) is 6.70. The van der Waals surface area contributed by atoms with E-state index in [-0.39, 0.29) is 12.4 Å². The van der Waals surface area contributed by atoms with E-state index in [1.165, 1.54) is 16.4 Å². The topological polar surface area (TPSA) is 71.1 Å². The van der Waals surface area contributed by atoms with Gasteiger partial charge in [-0.1, -0.05) is 19.1 Å². The van der Waals surface area contributed by atoms with Gasteiger partial charge in [0.25, 0.3) is 0 Å². The lowest BCUT2D eigenvalue weighted by Gasteiger charge is -2.24. The Bertz CT molecular complexity index is 355. The van der Waals surface area contributed by atoms with Crippen LogP contribution in [0, 0.1) is 0 Å². The third-order valence-electron chi connectivity index (χ3n) is 2.12. The monoisotopic (exact) mass is 337 g/mol. The van der Waals surface area contributed by atoms with Crippen LogP contribution in [0.4, 0.5) is 4.79 Å². The molecule has 0 radical (unpaired) electrons. The van der Waals surface area contributed by atoms with E-state index in [0.29, 0.717) is 18.1 Å². The quantitative estimate of drug-likeness (QED) is 0.313. The van der Waals surface area contributed by atoms with Crippen molar-refractivity contribution >= 4 is 41.4 Å². The number of hydroxylamine groups is 1. The second kappa shape index (κ2) is 11.6. The highest BCUT2D eigenvalue weighted by molar-refractivity contribution is 7.95. The van der Waals surface area contributed by atoms with E-state index in [4.69, 9.17) is 21.8 Å².